The fourth-order valence-electron chi connectivity index (χ4n) is 0.209. The molecule has 0 amide bonds. The van der Waals surface area contributed by atoms with Crippen molar-refractivity contribution in [1.82, 2.24) is 0 Å². The topological polar surface area (TPSA) is 70.3 Å². The molecule has 0 aliphatic heterocycles. The lowest BCUT2D eigenvalue weighted by atomic mass is 10.4. The van der Waals surface area contributed by atoms with E-state index in [1.807, 2.05) is 0 Å². The van der Waals surface area contributed by atoms with Crippen LogP contribution in [0.4, 0.5) is 0 Å². The van der Waals surface area contributed by atoms with Crippen molar-refractivity contribution in [3.05, 3.63) is 0 Å². The van der Waals surface area contributed by atoms with Crippen LogP contribution in [0.15, 0.2) is 0 Å². The van der Waals surface area contributed by atoms with Crippen LogP contribution in [0.2, 0.25) is 0 Å². The van der Waals surface area contributed by atoms with Crippen LogP contribution < -0.4 is 0 Å². The molecule has 0 aliphatic carbocycles. The highest BCUT2D eigenvalue weighted by Gasteiger charge is 2.13. The molecule has 0 aromatic heterocycles. The Labute approximate surface area is 46.3 Å². The summed E-state index contributed by atoms with van der Waals surface area (Å²) in [5.74, 6) is -1.25. The van der Waals surface area contributed by atoms with Crippen molar-refractivity contribution < 1.29 is 14.6 Å². The van der Waals surface area contributed by atoms with E-state index in [-0.39, 0.29) is 0 Å². The van der Waals surface area contributed by atoms with Gasteiger partial charge in [0, 0.05) is 7.11 Å². The SMILES string of the molecule is CO[C@@H](C#N)C(=O)O. The van der Waals surface area contributed by atoms with Crippen molar-refractivity contribution in [2.45, 2.75) is 6.10 Å². The van der Waals surface area contributed by atoms with E-state index in [9.17, 15) is 4.79 Å². The third-order valence-electron chi connectivity index (χ3n) is 0.577. The summed E-state index contributed by atoms with van der Waals surface area (Å²) in [4.78, 5) is 9.81. The summed E-state index contributed by atoms with van der Waals surface area (Å²) >= 11 is 0. The number of hydrogen-bond acceptors (Lipinski definition) is 3. The summed E-state index contributed by atoms with van der Waals surface area (Å²) in [5.41, 5.74) is 0. The highest BCUT2D eigenvalue weighted by Crippen LogP contribution is 1.84. The number of carboxylic acid groups (broad SMARTS) is 1. The minimum Gasteiger partial charge on any atom is -0.479 e. The Hall–Kier alpha value is -1.08. The lowest BCUT2D eigenvalue weighted by Gasteiger charge is -1.95. The summed E-state index contributed by atoms with van der Waals surface area (Å²) in [6.07, 6.45) is -1.32. The first-order valence-electron chi connectivity index (χ1n) is 1.87. The molecule has 4 heteroatoms. The number of nitriles is 1. The van der Waals surface area contributed by atoms with E-state index in [2.05, 4.69) is 4.74 Å². The van der Waals surface area contributed by atoms with Gasteiger partial charge >= 0.3 is 5.97 Å². The number of aliphatic carboxylic acids is 1. The second-order valence-corrected chi connectivity index (χ2v) is 1.08. The van der Waals surface area contributed by atoms with E-state index in [4.69, 9.17) is 10.4 Å². The normalized spacial score (nSPS) is 12.0. The summed E-state index contributed by atoms with van der Waals surface area (Å²) in [5, 5.41) is 16.0. The van der Waals surface area contributed by atoms with Gasteiger partial charge in [-0.3, -0.25) is 0 Å². The van der Waals surface area contributed by atoms with Crippen molar-refractivity contribution >= 4 is 5.97 Å². The van der Waals surface area contributed by atoms with Gasteiger partial charge in [-0.1, -0.05) is 0 Å². The highest BCUT2D eigenvalue weighted by atomic mass is 16.5. The Bertz CT molecular complexity index is 126. The van der Waals surface area contributed by atoms with Gasteiger partial charge in [0.25, 0.3) is 0 Å². The molecule has 1 N–H and O–H groups in total. The van der Waals surface area contributed by atoms with Crippen LogP contribution in [0.3, 0.4) is 0 Å². The van der Waals surface area contributed by atoms with E-state index in [0.717, 1.165) is 0 Å². The Kier molecular flexibility index (Phi) is 2.59. The summed E-state index contributed by atoms with van der Waals surface area (Å²) < 4.78 is 4.20. The summed E-state index contributed by atoms with van der Waals surface area (Å²) in [6, 6.07) is 1.43. The maximum atomic E-state index is 9.81. The number of methoxy groups -OCH3 is 1. The molecule has 0 aromatic carbocycles. The van der Waals surface area contributed by atoms with Gasteiger partial charge in [-0.15, -0.1) is 0 Å². The third kappa shape index (κ3) is 1.58. The molecule has 0 spiro atoms. The van der Waals surface area contributed by atoms with Crippen LogP contribution in [-0.4, -0.2) is 24.3 Å². The molecule has 0 saturated carbocycles. The van der Waals surface area contributed by atoms with Crippen LogP contribution in [0.25, 0.3) is 0 Å². The number of nitrogens with zero attached hydrogens (tertiary/aromatic N) is 1. The van der Waals surface area contributed by atoms with Crippen LogP contribution >= 0.6 is 0 Å². The van der Waals surface area contributed by atoms with Gasteiger partial charge in [-0.05, 0) is 0 Å². The first kappa shape index (κ1) is 6.92. The number of carbonyl (C=O) groups is 1. The first-order chi connectivity index (χ1) is 3.72. The molecule has 0 unspecified atom stereocenters. The fraction of sp³-hybridized carbons (Fsp3) is 0.500. The van der Waals surface area contributed by atoms with Crippen molar-refractivity contribution in [1.29, 1.82) is 5.26 Å². The standard InChI is InChI=1S/C4H5NO3/c1-8-3(2-5)4(6)7/h3H,1H3,(H,6,7)/t3-/m0/s1. The molecular formula is C4H5NO3. The van der Waals surface area contributed by atoms with Crippen molar-refractivity contribution in [2.75, 3.05) is 7.11 Å². The number of carboxylic acids is 1. The average Bonchev–Trinajstić information content (AvgIpc) is 1.69. The molecule has 0 aromatic rings. The Morgan fingerprint density at radius 2 is 2.50 bits per heavy atom. The molecule has 0 radical (unpaired) electrons. The first-order valence-corrected chi connectivity index (χ1v) is 1.87. The average molecular weight is 115 g/mol. The minimum atomic E-state index is -1.32. The molecule has 0 heterocycles. The zero-order valence-electron chi connectivity index (χ0n) is 4.29. The van der Waals surface area contributed by atoms with E-state index >= 15 is 0 Å². The molecule has 44 valence electrons. The maximum Gasteiger partial charge on any atom is 0.347 e. The van der Waals surface area contributed by atoms with Gasteiger partial charge < -0.3 is 9.84 Å². The smallest absolute Gasteiger partial charge is 0.347 e. The molecule has 0 aliphatic rings. The molecule has 0 rings (SSSR count). The number of rotatable bonds is 2. The predicted molar refractivity (Wildman–Crippen MR) is 24.0 cm³/mol. The number of hydrogen-bond donors (Lipinski definition) is 1. The monoisotopic (exact) mass is 115 g/mol. The predicted octanol–water partition coefficient (Wildman–Crippen LogP) is -0.390. The van der Waals surface area contributed by atoms with Crippen LogP contribution in [-0.2, 0) is 9.53 Å². The molecular weight excluding hydrogens is 110 g/mol. The molecule has 8 heavy (non-hydrogen) atoms. The zero-order chi connectivity index (χ0) is 6.57. The second-order valence-electron chi connectivity index (χ2n) is 1.08. The van der Waals surface area contributed by atoms with E-state index < -0.39 is 12.1 Å². The van der Waals surface area contributed by atoms with Crippen molar-refractivity contribution in [3.8, 4) is 6.07 Å². The molecule has 4 nitrogen and oxygen atoms in total. The van der Waals surface area contributed by atoms with Crippen molar-refractivity contribution in [2.24, 2.45) is 0 Å². The molecule has 1 atom stereocenters. The Morgan fingerprint density at radius 1 is 2.00 bits per heavy atom. The van der Waals surface area contributed by atoms with Gasteiger partial charge in [0.2, 0.25) is 6.10 Å². The highest BCUT2D eigenvalue weighted by molar-refractivity contribution is 5.75. The summed E-state index contributed by atoms with van der Waals surface area (Å²) in [7, 11) is 1.17. The molecule has 0 fully saturated rings. The van der Waals surface area contributed by atoms with E-state index in [0.29, 0.717) is 0 Å². The second kappa shape index (κ2) is 2.99. The third-order valence-corrected chi connectivity index (χ3v) is 0.577. The maximum absolute atomic E-state index is 9.81. The fourth-order valence-corrected chi connectivity index (χ4v) is 0.209. The number of ether oxygens (including phenoxy) is 1. The Balaban J connectivity index is 3.76. The van der Waals surface area contributed by atoms with Crippen LogP contribution in [0.1, 0.15) is 0 Å². The van der Waals surface area contributed by atoms with Gasteiger partial charge in [0.1, 0.15) is 6.07 Å². The van der Waals surface area contributed by atoms with E-state index in [1.54, 1.807) is 0 Å². The Morgan fingerprint density at radius 3 is 2.50 bits per heavy atom. The molecule has 0 saturated heterocycles. The van der Waals surface area contributed by atoms with Gasteiger partial charge in [0.15, 0.2) is 0 Å². The largest absolute Gasteiger partial charge is 0.479 e. The zero-order valence-corrected chi connectivity index (χ0v) is 4.29. The van der Waals surface area contributed by atoms with Gasteiger partial charge in [0.05, 0.1) is 0 Å². The lowest BCUT2D eigenvalue weighted by Crippen LogP contribution is -2.19. The minimum absolute atomic E-state index is 1.17. The van der Waals surface area contributed by atoms with E-state index in [1.165, 1.54) is 13.2 Å². The van der Waals surface area contributed by atoms with Gasteiger partial charge in [-0.25, -0.2) is 4.79 Å². The van der Waals surface area contributed by atoms with Crippen LogP contribution in [0, 0.1) is 11.3 Å². The summed E-state index contributed by atoms with van der Waals surface area (Å²) in [6.45, 7) is 0. The van der Waals surface area contributed by atoms with Crippen LogP contribution in [0.5, 0.6) is 0 Å². The molecule has 0 bridgehead atoms. The quantitative estimate of drug-likeness (QED) is 0.532. The lowest BCUT2D eigenvalue weighted by molar-refractivity contribution is -0.145. The van der Waals surface area contributed by atoms with Crippen molar-refractivity contribution in [3.63, 3.8) is 0 Å². The van der Waals surface area contributed by atoms with Gasteiger partial charge in [-0.2, -0.15) is 5.26 Å².